The van der Waals surface area contributed by atoms with Crippen LogP contribution in [0.3, 0.4) is 0 Å². The van der Waals surface area contributed by atoms with Gasteiger partial charge in [0.2, 0.25) is 0 Å². The molecule has 1 aliphatic heterocycles. The first-order valence-corrected chi connectivity index (χ1v) is 21.6. The lowest BCUT2D eigenvalue weighted by atomic mass is 9.82. The molecule has 0 saturated carbocycles. The highest BCUT2D eigenvalue weighted by molar-refractivity contribution is 7.85. The second-order valence-electron chi connectivity index (χ2n) is 15.2. The van der Waals surface area contributed by atoms with Crippen molar-refractivity contribution in [1.82, 2.24) is 44.5 Å². The van der Waals surface area contributed by atoms with Gasteiger partial charge in [0.1, 0.15) is 11.8 Å². The van der Waals surface area contributed by atoms with E-state index >= 15 is 0 Å². The Hall–Kier alpha value is -5.51. The molecule has 0 radical (unpaired) electrons. The summed E-state index contributed by atoms with van der Waals surface area (Å²) in [5.41, 5.74) is 7.51. The predicted molar refractivity (Wildman–Crippen MR) is 232 cm³/mol. The van der Waals surface area contributed by atoms with E-state index in [1.165, 1.54) is 0 Å². The van der Waals surface area contributed by atoms with Gasteiger partial charge in [-0.25, -0.2) is 4.98 Å². The summed E-state index contributed by atoms with van der Waals surface area (Å²) in [7, 11) is -3.86. The van der Waals surface area contributed by atoms with Crippen LogP contribution in [0.5, 0.6) is 0 Å². The van der Waals surface area contributed by atoms with Crippen LogP contribution < -0.4 is 5.46 Å². The number of aromatic nitrogens is 9. The zero-order chi connectivity index (χ0) is 44.5. The maximum Gasteiger partial charge on any atom is 0.498 e. The molecule has 8 heterocycles. The van der Waals surface area contributed by atoms with Gasteiger partial charge in [0.25, 0.3) is 10.1 Å². The van der Waals surface area contributed by atoms with Crippen LogP contribution in [0.25, 0.3) is 22.2 Å². The standard InChI is InChI=1S/C18H14ClN5O.C16H22BN3O3.C8H11NO4S/c19-18-5-4-16-17(23-18)6-12(7-20-16)13-8-21-24(9-13)10-14-2-1-3-15(11-25)22-14;1-15(2)16(3,4)23-17(22-15)12-8-18-20(9-12)10-13-6-5-7-14(11-21)19-13;1-14(11,12)13-6-8-4-2-3-7(5-10)9-8/h1-9,25H,10-11H2;5-9,21H,10-11H2,1-4H3;2-4,10H,5-6H2,1H3. The number of nitrogens with zero attached hydrogens (tertiary/aromatic N) is 9. The smallest absolute Gasteiger partial charge is 0.399 e. The van der Waals surface area contributed by atoms with Crippen molar-refractivity contribution >= 4 is 45.3 Å². The minimum absolute atomic E-state index is 0.0634. The van der Waals surface area contributed by atoms with Gasteiger partial charge >= 0.3 is 7.12 Å². The van der Waals surface area contributed by atoms with Crippen LogP contribution >= 0.6 is 11.6 Å². The lowest BCUT2D eigenvalue weighted by Gasteiger charge is -2.32. The average molecular weight is 884 g/mol. The normalized spacial score (nSPS) is 14.2. The first-order valence-electron chi connectivity index (χ1n) is 19.4. The van der Waals surface area contributed by atoms with Crippen LogP contribution in [0.15, 0.2) is 104 Å². The molecule has 0 spiro atoms. The molecule has 7 aromatic heterocycles. The zero-order valence-electron chi connectivity index (χ0n) is 34.8. The molecule has 1 aliphatic rings. The third-order valence-electron chi connectivity index (χ3n) is 9.80. The number of hydrogen-bond donors (Lipinski definition) is 3. The molecular formula is C42H47BClN9O8S. The largest absolute Gasteiger partial charge is 0.498 e. The summed E-state index contributed by atoms with van der Waals surface area (Å²) in [6, 6.07) is 21.6. The van der Waals surface area contributed by atoms with E-state index in [1.807, 2.05) is 76.5 Å². The van der Waals surface area contributed by atoms with Crippen molar-refractivity contribution in [3.63, 3.8) is 0 Å². The number of aliphatic hydroxyl groups excluding tert-OH is 3. The van der Waals surface area contributed by atoms with Gasteiger partial charge in [-0.1, -0.05) is 29.8 Å². The Kier molecular flexibility index (Phi) is 14.9. The first-order chi connectivity index (χ1) is 29.5. The van der Waals surface area contributed by atoms with Crippen molar-refractivity contribution in [3.05, 3.63) is 143 Å². The van der Waals surface area contributed by atoms with Crippen LogP contribution in [-0.2, 0) is 63.1 Å². The number of fused-ring (bicyclic) bond motifs is 1. The summed E-state index contributed by atoms with van der Waals surface area (Å²) in [6.07, 6.45) is 10.2. The van der Waals surface area contributed by atoms with E-state index in [4.69, 9.17) is 31.1 Å². The molecule has 62 heavy (non-hydrogen) atoms. The maximum atomic E-state index is 10.7. The van der Waals surface area contributed by atoms with E-state index in [1.54, 1.807) is 64.4 Å². The van der Waals surface area contributed by atoms with Crippen LogP contribution in [0.4, 0.5) is 0 Å². The number of aliphatic hydroxyl groups is 3. The highest BCUT2D eigenvalue weighted by atomic mass is 35.5. The Bertz CT molecular complexity index is 2700. The summed E-state index contributed by atoms with van der Waals surface area (Å²) in [4.78, 5) is 21.4. The Labute approximate surface area is 364 Å². The van der Waals surface area contributed by atoms with Crippen LogP contribution in [0.2, 0.25) is 5.15 Å². The molecule has 0 aliphatic carbocycles. The van der Waals surface area contributed by atoms with E-state index in [9.17, 15) is 13.5 Å². The van der Waals surface area contributed by atoms with Crippen LogP contribution in [0, 0.1) is 0 Å². The SMILES string of the molecule is CC1(C)OB(c2cnn(Cc3cccc(CO)n3)c2)OC1(C)C.CS(=O)(=O)OCc1cccc(CO)n1.OCc1cccc(Cn2cc(-c3cnc4ccc(Cl)nc4c3)cn2)n1. The predicted octanol–water partition coefficient (Wildman–Crippen LogP) is 4.25. The molecule has 1 saturated heterocycles. The van der Waals surface area contributed by atoms with Gasteiger partial charge in [-0.05, 0) is 82.3 Å². The zero-order valence-corrected chi connectivity index (χ0v) is 36.4. The maximum absolute atomic E-state index is 10.7. The van der Waals surface area contributed by atoms with E-state index in [-0.39, 0.29) is 37.6 Å². The molecule has 20 heteroatoms. The molecule has 8 rings (SSSR count). The van der Waals surface area contributed by atoms with Gasteiger partial charge in [0.05, 0.1) is 102 Å². The molecule has 0 aromatic carbocycles. The molecule has 7 aromatic rings. The monoisotopic (exact) mass is 883 g/mol. The molecule has 0 atom stereocenters. The molecule has 0 amide bonds. The van der Waals surface area contributed by atoms with Gasteiger partial charge in [-0.15, -0.1) is 0 Å². The first kappa shape index (κ1) is 46.0. The van der Waals surface area contributed by atoms with E-state index in [0.717, 1.165) is 45.3 Å². The van der Waals surface area contributed by atoms with Gasteiger partial charge in [-0.2, -0.15) is 18.6 Å². The van der Waals surface area contributed by atoms with Crippen molar-refractivity contribution in [3.8, 4) is 11.1 Å². The van der Waals surface area contributed by atoms with E-state index in [2.05, 4.69) is 39.3 Å². The van der Waals surface area contributed by atoms with Gasteiger partial charge in [0.15, 0.2) is 0 Å². The second-order valence-corrected chi connectivity index (χ2v) is 17.2. The van der Waals surface area contributed by atoms with E-state index in [0.29, 0.717) is 41.0 Å². The molecule has 3 N–H and O–H groups in total. The van der Waals surface area contributed by atoms with Gasteiger partial charge in [-0.3, -0.25) is 33.5 Å². The van der Waals surface area contributed by atoms with Gasteiger partial charge in [0, 0.05) is 41.4 Å². The Morgan fingerprint density at radius 2 is 1.18 bits per heavy atom. The third kappa shape index (κ3) is 12.5. The fraction of sp³-hybridized carbons (Fsp3) is 0.310. The minimum atomic E-state index is -3.44. The van der Waals surface area contributed by atoms with Crippen molar-refractivity contribution in [2.24, 2.45) is 0 Å². The quantitative estimate of drug-likeness (QED) is 0.0887. The Morgan fingerprint density at radius 1 is 0.661 bits per heavy atom. The lowest BCUT2D eigenvalue weighted by molar-refractivity contribution is 0.00578. The number of hydrogen-bond acceptors (Lipinski definition) is 15. The molecule has 0 bridgehead atoms. The van der Waals surface area contributed by atoms with Crippen molar-refractivity contribution in [2.45, 2.75) is 78.4 Å². The fourth-order valence-corrected chi connectivity index (χ4v) is 6.40. The molecule has 324 valence electrons. The topological polar surface area (TPSA) is 223 Å². The number of halogens is 1. The molecule has 1 fully saturated rings. The summed E-state index contributed by atoms with van der Waals surface area (Å²) >= 11 is 5.96. The summed E-state index contributed by atoms with van der Waals surface area (Å²) < 4.78 is 41.5. The average Bonchev–Trinajstić information content (AvgIpc) is 3.97. The molecular weight excluding hydrogens is 837 g/mol. The van der Waals surface area contributed by atoms with Crippen molar-refractivity contribution < 1.29 is 37.2 Å². The summed E-state index contributed by atoms with van der Waals surface area (Å²) in [5.74, 6) is 0. The Morgan fingerprint density at radius 3 is 1.74 bits per heavy atom. The minimum Gasteiger partial charge on any atom is -0.399 e. The fourth-order valence-electron chi connectivity index (χ4n) is 5.91. The second kappa shape index (κ2) is 20.1. The highest BCUT2D eigenvalue weighted by Crippen LogP contribution is 2.36. The number of rotatable bonds is 12. The van der Waals surface area contributed by atoms with Crippen molar-refractivity contribution in [2.75, 3.05) is 6.26 Å². The summed E-state index contributed by atoms with van der Waals surface area (Å²) in [6.45, 7) is 8.77. The third-order valence-corrected chi connectivity index (χ3v) is 10.6. The van der Waals surface area contributed by atoms with Crippen LogP contribution in [-0.4, -0.2) is 92.8 Å². The van der Waals surface area contributed by atoms with Crippen molar-refractivity contribution in [1.29, 1.82) is 0 Å². The molecule has 17 nitrogen and oxygen atoms in total. The highest BCUT2D eigenvalue weighted by Gasteiger charge is 2.52. The Balaban J connectivity index is 0.000000162. The number of pyridine rings is 5. The molecule has 0 unspecified atom stereocenters. The lowest BCUT2D eigenvalue weighted by Crippen LogP contribution is -2.41. The van der Waals surface area contributed by atoms with Gasteiger partial charge < -0.3 is 24.6 Å². The van der Waals surface area contributed by atoms with Crippen LogP contribution in [0.1, 0.15) is 61.9 Å². The summed E-state index contributed by atoms with van der Waals surface area (Å²) in [5, 5.41) is 36.3. The van der Waals surface area contributed by atoms with E-state index < -0.39 is 17.2 Å².